The first-order chi connectivity index (χ1) is 8.64. The average molecular weight is 267 g/mol. The molecule has 0 aliphatic carbocycles. The molecule has 4 nitrogen and oxygen atoms in total. The first-order valence-electron chi connectivity index (χ1n) is 6.37. The Morgan fingerprint density at radius 2 is 2.22 bits per heavy atom. The molecule has 0 saturated carbocycles. The van der Waals surface area contributed by atoms with Crippen molar-refractivity contribution >= 4 is 15.5 Å². The van der Waals surface area contributed by atoms with Gasteiger partial charge in [0.15, 0.2) is 9.84 Å². The molecular weight excluding hydrogens is 250 g/mol. The second-order valence-corrected chi connectivity index (χ2v) is 7.19. The SMILES string of the molecule is O=S1(=O)CCC(Oc2cccc3c2NCCC3)C1. The minimum atomic E-state index is -2.88. The van der Waals surface area contributed by atoms with Crippen LogP contribution in [0.1, 0.15) is 18.4 Å². The van der Waals surface area contributed by atoms with Gasteiger partial charge in [0.2, 0.25) is 0 Å². The smallest absolute Gasteiger partial charge is 0.154 e. The van der Waals surface area contributed by atoms with Gasteiger partial charge in [-0.2, -0.15) is 0 Å². The molecule has 0 aromatic heterocycles. The number of nitrogens with one attached hydrogen (secondary N) is 1. The van der Waals surface area contributed by atoms with Gasteiger partial charge in [-0.05, 0) is 30.9 Å². The van der Waals surface area contributed by atoms with Gasteiger partial charge in [0.05, 0.1) is 17.2 Å². The molecule has 5 heteroatoms. The van der Waals surface area contributed by atoms with Crippen molar-refractivity contribution in [3.8, 4) is 5.75 Å². The predicted molar refractivity (Wildman–Crippen MR) is 70.9 cm³/mol. The van der Waals surface area contributed by atoms with E-state index in [0.717, 1.165) is 30.8 Å². The van der Waals surface area contributed by atoms with Gasteiger partial charge in [0, 0.05) is 6.54 Å². The number of aryl methyl sites for hydroxylation is 1. The van der Waals surface area contributed by atoms with Gasteiger partial charge in [-0.1, -0.05) is 12.1 Å². The van der Waals surface area contributed by atoms with E-state index >= 15 is 0 Å². The summed E-state index contributed by atoms with van der Waals surface area (Å²) in [5, 5.41) is 3.35. The van der Waals surface area contributed by atoms with Crippen molar-refractivity contribution in [3.05, 3.63) is 23.8 Å². The Balaban J connectivity index is 1.81. The monoisotopic (exact) mass is 267 g/mol. The lowest BCUT2D eigenvalue weighted by Gasteiger charge is -2.22. The third-order valence-electron chi connectivity index (χ3n) is 3.52. The second kappa shape index (κ2) is 4.46. The summed E-state index contributed by atoms with van der Waals surface area (Å²) in [6, 6.07) is 5.99. The Morgan fingerprint density at radius 1 is 1.33 bits per heavy atom. The maximum Gasteiger partial charge on any atom is 0.154 e. The third-order valence-corrected chi connectivity index (χ3v) is 5.26. The molecule has 3 rings (SSSR count). The van der Waals surface area contributed by atoms with E-state index in [-0.39, 0.29) is 17.6 Å². The molecule has 18 heavy (non-hydrogen) atoms. The van der Waals surface area contributed by atoms with E-state index in [4.69, 9.17) is 4.74 Å². The van der Waals surface area contributed by atoms with Crippen LogP contribution in [0.4, 0.5) is 5.69 Å². The number of hydrogen-bond donors (Lipinski definition) is 1. The number of sulfone groups is 1. The molecule has 1 aromatic rings. The fourth-order valence-corrected chi connectivity index (χ4v) is 4.20. The lowest BCUT2D eigenvalue weighted by Crippen LogP contribution is -2.20. The summed E-state index contributed by atoms with van der Waals surface area (Å²) in [6.07, 6.45) is 2.60. The molecule has 0 bridgehead atoms. The largest absolute Gasteiger partial charge is 0.487 e. The van der Waals surface area contributed by atoms with Crippen molar-refractivity contribution in [1.29, 1.82) is 0 Å². The van der Waals surface area contributed by atoms with E-state index in [1.807, 2.05) is 12.1 Å². The zero-order chi connectivity index (χ0) is 12.6. The normalized spacial score (nSPS) is 25.2. The van der Waals surface area contributed by atoms with Crippen LogP contribution in [-0.2, 0) is 16.3 Å². The van der Waals surface area contributed by atoms with E-state index in [9.17, 15) is 8.42 Å². The number of hydrogen-bond acceptors (Lipinski definition) is 4. The van der Waals surface area contributed by atoms with Crippen LogP contribution in [0.25, 0.3) is 0 Å². The molecule has 0 spiro atoms. The standard InChI is InChI=1S/C13H17NO3S/c15-18(16)8-6-11(9-18)17-12-5-1-3-10-4-2-7-14-13(10)12/h1,3,5,11,14H,2,4,6-9H2. The Kier molecular flexibility index (Phi) is 2.93. The van der Waals surface area contributed by atoms with Gasteiger partial charge >= 0.3 is 0 Å². The van der Waals surface area contributed by atoms with Crippen LogP contribution in [0.3, 0.4) is 0 Å². The summed E-state index contributed by atoms with van der Waals surface area (Å²) in [6.45, 7) is 0.955. The lowest BCUT2D eigenvalue weighted by atomic mass is 10.0. The first kappa shape index (κ1) is 11.8. The number of fused-ring (bicyclic) bond motifs is 1. The number of para-hydroxylation sites is 1. The summed E-state index contributed by atoms with van der Waals surface area (Å²) >= 11 is 0. The summed E-state index contributed by atoms with van der Waals surface area (Å²) in [4.78, 5) is 0. The molecule has 1 fully saturated rings. The van der Waals surface area contributed by atoms with Crippen molar-refractivity contribution in [3.63, 3.8) is 0 Å². The Bertz CT molecular complexity index is 553. The Morgan fingerprint density at radius 3 is 3.00 bits per heavy atom. The van der Waals surface area contributed by atoms with E-state index in [0.29, 0.717) is 6.42 Å². The summed E-state index contributed by atoms with van der Waals surface area (Å²) in [7, 11) is -2.88. The number of ether oxygens (including phenoxy) is 1. The van der Waals surface area contributed by atoms with E-state index in [1.165, 1.54) is 5.56 Å². The molecule has 98 valence electrons. The van der Waals surface area contributed by atoms with Crippen LogP contribution < -0.4 is 10.1 Å². The summed E-state index contributed by atoms with van der Waals surface area (Å²) in [5.74, 6) is 1.20. The quantitative estimate of drug-likeness (QED) is 0.884. The van der Waals surface area contributed by atoms with Gasteiger partial charge in [-0.25, -0.2) is 8.42 Å². The van der Waals surface area contributed by atoms with Gasteiger partial charge in [0.1, 0.15) is 11.9 Å². The van der Waals surface area contributed by atoms with Gasteiger partial charge in [-0.3, -0.25) is 0 Å². The highest BCUT2D eigenvalue weighted by atomic mass is 32.2. The molecule has 1 saturated heterocycles. The van der Waals surface area contributed by atoms with Crippen LogP contribution in [0.15, 0.2) is 18.2 Å². The van der Waals surface area contributed by atoms with E-state index < -0.39 is 9.84 Å². The van der Waals surface area contributed by atoms with Crippen molar-refractivity contribution in [2.45, 2.75) is 25.4 Å². The number of benzene rings is 1. The molecule has 2 aliphatic heterocycles. The maximum atomic E-state index is 11.4. The minimum Gasteiger partial charge on any atom is -0.487 e. The van der Waals surface area contributed by atoms with Crippen molar-refractivity contribution in [2.75, 3.05) is 23.4 Å². The van der Waals surface area contributed by atoms with Crippen molar-refractivity contribution in [2.24, 2.45) is 0 Å². The average Bonchev–Trinajstić information content (AvgIpc) is 2.69. The third kappa shape index (κ3) is 2.32. The maximum absolute atomic E-state index is 11.4. The highest BCUT2D eigenvalue weighted by Gasteiger charge is 2.30. The fourth-order valence-electron chi connectivity index (χ4n) is 2.61. The number of rotatable bonds is 2. The van der Waals surface area contributed by atoms with Gasteiger partial charge in [-0.15, -0.1) is 0 Å². The highest BCUT2D eigenvalue weighted by Crippen LogP contribution is 2.33. The molecule has 1 atom stereocenters. The topological polar surface area (TPSA) is 55.4 Å². The van der Waals surface area contributed by atoms with Gasteiger partial charge < -0.3 is 10.1 Å². The second-order valence-electron chi connectivity index (χ2n) is 4.96. The van der Waals surface area contributed by atoms with E-state index in [1.54, 1.807) is 0 Å². The van der Waals surface area contributed by atoms with Crippen molar-refractivity contribution < 1.29 is 13.2 Å². The fraction of sp³-hybridized carbons (Fsp3) is 0.538. The van der Waals surface area contributed by atoms with Crippen LogP contribution in [0, 0.1) is 0 Å². The number of anilines is 1. The van der Waals surface area contributed by atoms with Gasteiger partial charge in [0.25, 0.3) is 0 Å². The molecule has 2 heterocycles. The Hall–Kier alpha value is -1.23. The zero-order valence-electron chi connectivity index (χ0n) is 10.2. The minimum absolute atomic E-state index is 0.149. The molecule has 1 unspecified atom stereocenters. The Labute approximate surface area is 107 Å². The first-order valence-corrected chi connectivity index (χ1v) is 8.19. The molecule has 2 aliphatic rings. The molecular formula is C13H17NO3S. The summed E-state index contributed by atoms with van der Waals surface area (Å²) in [5.41, 5.74) is 2.31. The summed E-state index contributed by atoms with van der Waals surface area (Å²) < 4.78 is 28.7. The molecule has 0 radical (unpaired) electrons. The zero-order valence-corrected chi connectivity index (χ0v) is 11.0. The van der Waals surface area contributed by atoms with Crippen LogP contribution in [0.5, 0.6) is 5.75 Å². The molecule has 1 aromatic carbocycles. The van der Waals surface area contributed by atoms with Crippen LogP contribution in [-0.4, -0.2) is 32.6 Å². The van der Waals surface area contributed by atoms with Crippen LogP contribution in [0.2, 0.25) is 0 Å². The van der Waals surface area contributed by atoms with E-state index in [2.05, 4.69) is 11.4 Å². The van der Waals surface area contributed by atoms with Crippen molar-refractivity contribution in [1.82, 2.24) is 0 Å². The molecule has 0 amide bonds. The molecule has 1 N–H and O–H groups in total. The predicted octanol–water partition coefficient (Wildman–Crippen LogP) is 1.61. The van der Waals surface area contributed by atoms with Crippen LogP contribution >= 0.6 is 0 Å². The highest BCUT2D eigenvalue weighted by molar-refractivity contribution is 7.91. The lowest BCUT2D eigenvalue weighted by molar-refractivity contribution is 0.229.